The van der Waals surface area contributed by atoms with Crippen LogP contribution in [0.3, 0.4) is 0 Å². The summed E-state index contributed by atoms with van der Waals surface area (Å²) < 4.78 is 7.45. The topological polar surface area (TPSA) is 50.1 Å². The summed E-state index contributed by atoms with van der Waals surface area (Å²) in [6.45, 7) is 7.41. The molecule has 28 heavy (non-hydrogen) atoms. The number of carbonyl (C=O) groups excluding carboxylic acids is 1. The number of methoxy groups -OCH3 is 1. The summed E-state index contributed by atoms with van der Waals surface area (Å²) in [5.74, 6) is 0.682. The fraction of sp³-hybridized carbons (Fsp3) is 0.636. The van der Waals surface area contributed by atoms with Gasteiger partial charge < -0.3 is 14.0 Å². The van der Waals surface area contributed by atoms with Gasteiger partial charge in [-0.15, -0.1) is 0 Å². The second-order valence-corrected chi connectivity index (χ2v) is 8.39. The number of likely N-dealkylation sites (tertiary alicyclic amines) is 2. The molecule has 4 rings (SSSR count). The van der Waals surface area contributed by atoms with Crippen molar-refractivity contribution in [3.63, 3.8) is 0 Å². The molecule has 1 unspecified atom stereocenters. The van der Waals surface area contributed by atoms with Gasteiger partial charge >= 0.3 is 0 Å². The van der Waals surface area contributed by atoms with Gasteiger partial charge in [0, 0.05) is 39.5 Å². The van der Waals surface area contributed by atoms with E-state index in [9.17, 15) is 4.79 Å². The predicted molar refractivity (Wildman–Crippen MR) is 110 cm³/mol. The third kappa shape index (κ3) is 4.08. The van der Waals surface area contributed by atoms with Crippen LogP contribution in [0.25, 0.3) is 5.65 Å². The molecule has 6 nitrogen and oxygen atoms in total. The second-order valence-electron chi connectivity index (χ2n) is 8.39. The van der Waals surface area contributed by atoms with Gasteiger partial charge in [-0.25, -0.2) is 4.98 Å². The maximum Gasteiger partial charge on any atom is 0.274 e. The van der Waals surface area contributed by atoms with Crippen LogP contribution >= 0.6 is 0 Å². The standard InChI is InChI=1S/C22H32N4O2/c1-17-7-12-26-19(15-24-11-8-18(14-24)16-28-2)21(23-20(26)13-17)22(27)25-9-5-3-4-6-10-25/h7,12-13,18H,3-6,8-11,14-16H2,1-2H3. The van der Waals surface area contributed by atoms with Crippen LogP contribution in [0.2, 0.25) is 0 Å². The first-order valence-electron chi connectivity index (χ1n) is 10.6. The summed E-state index contributed by atoms with van der Waals surface area (Å²) in [4.78, 5) is 22.6. The number of amides is 1. The molecule has 0 aliphatic carbocycles. The summed E-state index contributed by atoms with van der Waals surface area (Å²) in [5.41, 5.74) is 3.71. The van der Waals surface area contributed by atoms with E-state index in [1.54, 1.807) is 7.11 Å². The minimum atomic E-state index is 0.103. The van der Waals surface area contributed by atoms with Crippen LogP contribution in [0.15, 0.2) is 18.3 Å². The summed E-state index contributed by atoms with van der Waals surface area (Å²) in [7, 11) is 1.77. The lowest BCUT2D eigenvalue weighted by Crippen LogP contribution is -2.33. The Balaban J connectivity index is 1.63. The minimum Gasteiger partial charge on any atom is -0.384 e. The van der Waals surface area contributed by atoms with Crippen LogP contribution in [0, 0.1) is 12.8 Å². The molecule has 4 heterocycles. The Bertz CT molecular complexity index is 823. The smallest absolute Gasteiger partial charge is 0.274 e. The zero-order valence-corrected chi connectivity index (χ0v) is 17.2. The number of carbonyl (C=O) groups is 1. The molecule has 2 saturated heterocycles. The van der Waals surface area contributed by atoms with Crippen molar-refractivity contribution in [2.24, 2.45) is 5.92 Å². The van der Waals surface area contributed by atoms with Crippen molar-refractivity contribution in [2.45, 2.75) is 45.6 Å². The number of pyridine rings is 1. The second kappa shape index (κ2) is 8.62. The molecule has 2 aliphatic rings. The minimum absolute atomic E-state index is 0.103. The number of imidazole rings is 1. The molecule has 0 bridgehead atoms. The number of nitrogens with zero attached hydrogens (tertiary/aromatic N) is 4. The van der Waals surface area contributed by atoms with Crippen molar-refractivity contribution in [1.82, 2.24) is 19.2 Å². The Morgan fingerprint density at radius 3 is 2.75 bits per heavy atom. The van der Waals surface area contributed by atoms with Gasteiger partial charge in [0.05, 0.1) is 12.3 Å². The van der Waals surface area contributed by atoms with Crippen molar-refractivity contribution < 1.29 is 9.53 Å². The lowest BCUT2D eigenvalue weighted by atomic mass is 10.1. The predicted octanol–water partition coefficient (Wildman–Crippen LogP) is 3.13. The zero-order chi connectivity index (χ0) is 19.5. The van der Waals surface area contributed by atoms with Crippen LogP contribution in [0.1, 0.15) is 53.8 Å². The molecule has 2 fully saturated rings. The highest BCUT2D eigenvalue weighted by Crippen LogP contribution is 2.23. The fourth-order valence-corrected chi connectivity index (χ4v) is 4.58. The van der Waals surface area contributed by atoms with Gasteiger partial charge in [-0.3, -0.25) is 9.69 Å². The number of fused-ring (bicyclic) bond motifs is 1. The lowest BCUT2D eigenvalue weighted by Gasteiger charge is -2.21. The van der Waals surface area contributed by atoms with Gasteiger partial charge in [-0.2, -0.15) is 0 Å². The number of hydrogen-bond donors (Lipinski definition) is 0. The molecule has 2 aromatic heterocycles. The molecule has 1 amide bonds. The van der Waals surface area contributed by atoms with Gasteiger partial charge in [-0.1, -0.05) is 12.8 Å². The molecular weight excluding hydrogens is 352 g/mol. The molecule has 0 saturated carbocycles. The van der Waals surface area contributed by atoms with E-state index in [-0.39, 0.29) is 5.91 Å². The van der Waals surface area contributed by atoms with Crippen molar-refractivity contribution in [3.05, 3.63) is 35.3 Å². The zero-order valence-electron chi connectivity index (χ0n) is 17.2. The largest absolute Gasteiger partial charge is 0.384 e. The molecule has 1 atom stereocenters. The van der Waals surface area contributed by atoms with E-state index in [4.69, 9.17) is 9.72 Å². The number of hydrogen-bond acceptors (Lipinski definition) is 4. The third-order valence-corrected chi connectivity index (χ3v) is 6.12. The molecule has 0 radical (unpaired) electrons. The Morgan fingerprint density at radius 2 is 2.00 bits per heavy atom. The summed E-state index contributed by atoms with van der Waals surface area (Å²) in [6, 6.07) is 4.16. The van der Waals surface area contributed by atoms with Crippen molar-refractivity contribution in [1.29, 1.82) is 0 Å². The van der Waals surface area contributed by atoms with E-state index >= 15 is 0 Å². The molecule has 152 valence electrons. The first-order chi connectivity index (χ1) is 13.7. The summed E-state index contributed by atoms with van der Waals surface area (Å²) in [6.07, 6.45) is 7.84. The van der Waals surface area contributed by atoms with E-state index in [0.29, 0.717) is 11.6 Å². The highest BCUT2D eigenvalue weighted by molar-refractivity contribution is 5.94. The normalized spacial score (nSPS) is 21.4. The Hall–Kier alpha value is -1.92. The number of aryl methyl sites for hydroxylation is 1. The van der Waals surface area contributed by atoms with Gasteiger partial charge in [0.2, 0.25) is 0 Å². The Kier molecular flexibility index (Phi) is 5.97. The highest BCUT2D eigenvalue weighted by atomic mass is 16.5. The lowest BCUT2D eigenvalue weighted by molar-refractivity contribution is 0.0754. The average molecular weight is 385 g/mol. The van der Waals surface area contributed by atoms with Gasteiger partial charge in [0.15, 0.2) is 5.69 Å². The first-order valence-corrected chi connectivity index (χ1v) is 10.6. The van der Waals surface area contributed by atoms with Gasteiger partial charge in [0.25, 0.3) is 5.91 Å². The Morgan fingerprint density at radius 1 is 1.21 bits per heavy atom. The summed E-state index contributed by atoms with van der Waals surface area (Å²) in [5, 5.41) is 0. The molecular formula is C22H32N4O2. The van der Waals surface area contributed by atoms with Crippen LogP contribution in [0.4, 0.5) is 0 Å². The van der Waals surface area contributed by atoms with E-state index < -0.39 is 0 Å². The first kappa shape index (κ1) is 19.4. The van der Waals surface area contributed by atoms with Crippen LogP contribution in [0.5, 0.6) is 0 Å². The molecule has 0 N–H and O–H groups in total. The van der Waals surface area contributed by atoms with Gasteiger partial charge in [0.1, 0.15) is 5.65 Å². The van der Waals surface area contributed by atoms with Crippen LogP contribution < -0.4 is 0 Å². The third-order valence-electron chi connectivity index (χ3n) is 6.12. The number of rotatable bonds is 5. The molecule has 0 aromatic carbocycles. The van der Waals surface area contributed by atoms with E-state index in [2.05, 4.69) is 34.6 Å². The van der Waals surface area contributed by atoms with Gasteiger partial charge in [-0.05, 0) is 56.3 Å². The molecule has 2 aliphatic heterocycles. The molecule has 6 heteroatoms. The molecule has 0 spiro atoms. The summed E-state index contributed by atoms with van der Waals surface area (Å²) >= 11 is 0. The number of ether oxygens (including phenoxy) is 1. The average Bonchev–Trinajstić information content (AvgIpc) is 3.15. The maximum absolute atomic E-state index is 13.4. The van der Waals surface area contributed by atoms with Crippen molar-refractivity contribution in [2.75, 3.05) is 39.9 Å². The monoisotopic (exact) mass is 384 g/mol. The van der Waals surface area contributed by atoms with Crippen LogP contribution in [-0.4, -0.2) is 65.0 Å². The molecule has 2 aromatic rings. The quantitative estimate of drug-likeness (QED) is 0.795. The van der Waals surface area contributed by atoms with Crippen molar-refractivity contribution in [3.8, 4) is 0 Å². The van der Waals surface area contributed by atoms with Crippen LogP contribution in [-0.2, 0) is 11.3 Å². The van der Waals surface area contributed by atoms with Crippen molar-refractivity contribution >= 4 is 11.6 Å². The SMILES string of the molecule is COCC1CCN(Cc2c(C(=O)N3CCCCCC3)nc3cc(C)ccn23)C1. The number of aromatic nitrogens is 2. The Labute approximate surface area is 167 Å². The van der Waals surface area contributed by atoms with E-state index in [1.165, 1.54) is 18.4 Å². The highest BCUT2D eigenvalue weighted by Gasteiger charge is 2.28. The maximum atomic E-state index is 13.4. The van der Waals surface area contributed by atoms with E-state index in [1.807, 2.05) is 4.90 Å². The fourth-order valence-electron chi connectivity index (χ4n) is 4.58. The van der Waals surface area contributed by atoms with E-state index in [0.717, 1.165) is 69.9 Å².